The zero-order valence-corrected chi connectivity index (χ0v) is 11.0. The Bertz CT molecular complexity index is 584. The fourth-order valence-electron chi connectivity index (χ4n) is 1.97. The highest BCUT2D eigenvalue weighted by Gasteiger charge is 2.28. The Labute approximate surface area is 118 Å². The Balaban J connectivity index is 2.31. The van der Waals surface area contributed by atoms with Crippen LogP contribution in [0, 0.1) is 12.3 Å². The molecular formula is C17H16O3. The average Bonchev–Trinajstić information content (AvgIpc) is 2.53. The number of hydrogen-bond acceptors (Lipinski definition) is 3. The number of ether oxygens (including phenoxy) is 1. The number of rotatable bonds is 5. The molecule has 0 heterocycles. The van der Waals surface area contributed by atoms with Gasteiger partial charge in [0.1, 0.15) is 12.4 Å². The molecule has 0 aliphatic rings. The van der Waals surface area contributed by atoms with Gasteiger partial charge in [-0.15, -0.1) is 6.42 Å². The average molecular weight is 268 g/mol. The van der Waals surface area contributed by atoms with Gasteiger partial charge in [0.15, 0.2) is 5.60 Å². The van der Waals surface area contributed by atoms with Gasteiger partial charge in [0.05, 0.1) is 6.61 Å². The summed E-state index contributed by atoms with van der Waals surface area (Å²) in [6.45, 7) is 0.192. The molecule has 0 fully saturated rings. The first-order valence-electron chi connectivity index (χ1n) is 6.30. The summed E-state index contributed by atoms with van der Waals surface area (Å²) >= 11 is 0. The first kappa shape index (κ1) is 14.1. The highest BCUT2D eigenvalue weighted by atomic mass is 16.5. The van der Waals surface area contributed by atoms with Crippen LogP contribution in [0.4, 0.5) is 0 Å². The van der Waals surface area contributed by atoms with Crippen LogP contribution in [-0.2, 0) is 5.60 Å². The lowest BCUT2D eigenvalue weighted by atomic mass is 9.87. The lowest BCUT2D eigenvalue weighted by Gasteiger charge is -2.23. The SMILES string of the molecule is C#CC(O)(c1ccccc1)c1ccc(OCCO)cc1. The number of aliphatic hydroxyl groups excluding tert-OH is 1. The Kier molecular flexibility index (Phi) is 4.41. The minimum Gasteiger partial charge on any atom is -0.491 e. The number of terminal acetylenes is 1. The number of benzene rings is 2. The predicted molar refractivity (Wildman–Crippen MR) is 77.3 cm³/mol. The normalized spacial score (nSPS) is 13.2. The molecule has 0 aromatic heterocycles. The zero-order chi connectivity index (χ0) is 14.4. The molecule has 0 radical (unpaired) electrons. The zero-order valence-electron chi connectivity index (χ0n) is 11.0. The minimum absolute atomic E-state index is 0.0416. The molecule has 1 unspecified atom stereocenters. The largest absolute Gasteiger partial charge is 0.491 e. The standard InChI is InChI=1S/C17H16O3/c1-2-17(19,14-6-4-3-5-7-14)15-8-10-16(11-9-15)20-13-12-18/h1,3-11,18-19H,12-13H2. The number of hydrogen-bond donors (Lipinski definition) is 2. The van der Waals surface area contributed by atoms with Crippen LogP contribution >= 0.6 is 0 Å². The van der Waals surface area contributed by atoms with Crippen LogP contribution in [0.3, 0.4) is 0 Å². The summed E-state index contributed by atoms with van der Waals surface area (Å²) in [6, 6.07) is 16.0. The third-order valence-corrected chi connectivity index (χ3v) is 3.03. The van der Waals surface area contributed by atoms with Gasteiger partial charge in [-0.3, -0.25) is 0 Å². The van der Waals surface area contributed by atoms with E-state index in [9.17, 15) is 5.11 Å². The highest BCUT2D eigenvalue weighted by molar-refractivity contribution is 5.44. The third-order valence-electron chi connectivity index (χ3n) is 3.03. The van der Waals surface area contributed by atoms with Crippen LogP contribution in [0.25, 0.3) is 0 Å². The first-order valence-corrected chi connectivity index (χ1v) is 6.30. The molecule has 0 bridgehead atoms. The molecule has 20 heavy (non-hydrogen) atoms. The smallest absolute Gasteiger partial charge is 0.176 e. The van der Waals surface area contributed by atoms with Gasteiger partial charge in [0.25, 0.3) is 0 Å². The first-order chi connectivity index (χ1) is 9.70. The van der Waals surface area contributed by atoms with Crippen molar-refractivity contribution in [3.05, 3.63) is 65.7 Å². The molecule has 0 spiro atoms. The van der Waals surface area contributed by atoms with Crippen molar-refractivity contribution in [1.29, 1.82) is 0 Å². The molecule has 0 saturated heterocycles. The van der Waals surface area contributed by atoms with Gasteiger partial charge in [-0.1, -0.05) is 48.4 Å². The van der Waals surface area contributed by atoms with E-state index in [0.717, 1.165) is 0 Å². The summed E-state index contributed by atoms with van der Waals surface area (Å²) in [5.41, 5.74) is -0.217. The molecule has 2 aromatic rings. The molecule has 0 aliphatic carbocycles. The minimum atomic E-state index is -1.46. The number of aliphatic hydroxyl groups is 2. The van der Waals surface area contributed by atoms with Crippen LogP contribution < -0.4 is 4.74 Å². The fraction of sp³-hybridized carbons (Fsp3) is 0.176. The molecule has 0 aliphatic heterocycles. The maximum Gasteiger partial charge on any atom is 0.176 e. The molecule has 102 valence electrons. The maximum absolute atomic E-state index is 10.7. The summed E-state index contributed by atoms with van der Waals surface area (Å²) in [5, 5.41) is 19.4. The van der Waals surface area contributed by atoms with Crippen LogP contribution in [0.15, 0.2) is 54.6 Å². The summed E-state index contributed by atoms with van der Waals surface area (Å²) in [5.74, 6) is 3.07. The third kappa shape index (κ3) is 2.83. The molecule has 0 saturated carbocycles. The predicted octanol–water partition coefficient (Wildman–Crippen LogP) is 1.93. The van der Waals surface area contributed by atoms with Crippen molar-refractivity contribution >= 4 is 0 Å². The Morgan fingerprint density at radius 3 is 2.15 bits per heavy atom. The summed E-state index contributed by atoms with van der Waals surface area (Å²) in [7, 11) is 0. The topological polar surface area (TPSA) is 49.7 Å². The second-order valence-electron chi connectivity index (χ2n) is 4.32. The molecule has 2 rings (SSSR count). The van der Waals surface area contributed by atoms with Gasteiger partial charge >= 0.3 is 0 Å². The van der Waals surface area contributed by atoms with Gasteiger partial charge < -0.3 is 14.9 Å². The molecule has 2 aromatic carbocycles. The van der Waals surface area contributed by atoms with E-state index in [1.165, 1.54) is 0 Å². The van der Waals surface area contributed by atoms with E-state index < -0.39 is 5.60 Å². The second-order valence-corrected chi connectivity index (χ2v) is 4.32. The Morgan fingerprint density at radius 2 is 1.60 bits per heavy atom. The summed E-state index contributed by atoms with van der Waals surface area (Å²) in [4.78, 5) is 0. The second kappa shape index (κ2) is 6.25. The molecule has 2 N–H and O–H groups in total. The quantitative estimate of drug-likeness (QED) is 0.815. The van der Waals surface area contributed by atoms with Gasteiger partial charge in [0, 0.05) is 11.1 Å². The van der Waals surface area contributed by atoms with Gasteiger partial charge in [-0.05, 0) is 12.1 Å². The van der Waals surface area contributed by atoms with Gasteiger partial charge in [-0.2, -0.15) is 0 Å². The molecule has 0 amide bonds. The molecule has 1 atom stereocenters. The van der Waals surface area contributed by atoms with Gasteiger partial charge in [-0.25, -0.2) is 0 Å². The van der Waals surface area contributed by atoms with E-state index in [2.05, 4.69) is 5.92 Å². The molecule has 3 nitrogen and oxygen atoms in total. The van der Waals surface area contributed by atoms with Crippen LogP contribution in [0.2, 0.25) is 0 Å². The lowest BCUT2D eigenvalue weighted by molar-refractivity contribution is 0.145. The van der Waals surface area contributed by atoms with Gasteiger partial charge in [0.2, 0.25) is 0 Å². The van der Waals surface area contributed by atoms with Crippen molar-refractivity contribution in [3.63, 3.8) is 0 Å². The van der Waals surface area contributed by atoms with E-state index in [1.807, 2.05) is 18.2 Å². The van der Waals surface area contributed by atoms with E-state index in [-0.39, 0.29) is 13.2 Å². The highest BCUT2D eigenvalue weighted by Crippen LogP contribution is 2.29. The summed E-state index contributed by atoms with van der Waals surface area (Å²) in [6.07, 6.45) is 5.53. The monoisotopic (exact) mass is 268 g/mol. The molecule has 3 heteroatoms. The van der Waals surface area contributed by atoms with Crippen molar-refractivity contribution in [3.8, 4) is 18.1 Å². The van der Waals surface area contributed by atoms with E-state index in [4.69, 9.17) is 16.3 Å². The van der Waals surface area contributed by atoms with Crippen molar-refractivity contribution in [2.24, 2.45) is 0 Å². The van der Waals surface area contributed by atoms with Crippen LogP contribution in [0.1, 0.15) is 11.1 Å². The van der Waals surface area contributed by atoms with Crippen molar-refractivity contribution in [2.75, 3.05) is 13.2 Å². The van der Waals surface area contributed by atoms with E-state index >= 15 is 0 Å². The van der Waals surface area contributed by atoms with Crippen LogP contribution in [-0.4, -0.2) is 23.4 Å². The Hall–Kier alpha value is -2.28. The van der Waals surface area contributed by atoms with Crippen molar-refractivity contribution in [1.82, 2.24) is 0 Å². The maximum atomic E-state index is 10.7. The fourth-order valence-corrected chi connectivity index (χ4v) is 1.97. The van der Waals surface area contributed by atoms with Crippen LogP contribution in [0.5, 0.6) is 5.75 Å². The lowest BCUT2D eigenvalue weighted by Crippen LogP contribution is -2.24. The van der Waals surface area contributed by atoms with E-state index in [0.29, 0.717) is 16.9 Å². The molecular weight excluding hydrogens is 252 g/mol. The Morgan fingerprint density at radius 1 is 1.00 bits per heavy atom. The summed E-state index contributed by atoms with van der Waals surface area (Å²) < 4.78 is 5.28. The van der Waals surface area contributed by atoms with Crippen molar-refractivity contribution in [2.45, 2.75) is 5.60 Å². The van der Waals surface area contributed by atoms with Crippen molar-refractivity contribution < 1.29 is 14.9 Å². The van der Waals surface area contributed by atoms with E-state index in [1.54, 1.807) is 36.4 Å².